The van der Waals surface area contributed by atoms with Gasteiger partial charge in [0.25, 0.3) is 5.91 Å². The number of hydrogen-bond donors (Lipinski definition) is 2. The SMILES string of the molecule is CCCNc1cccc(C(=O)NC(C)c2ccncc2)n1. The largest absolute Gasteiger partial charge is 0.370 e. The molecule has 2 N–H and O–H groups in total. The van der Waals surface area contributed by atoms with Crippen LogP contribution in [-0.2, 0) is 0 Å². The Kier molecular flexibility index (Phi) is 5.26. The summed E-state index contributed by atoms with van der Waals surface area (Å²) in [5.74, 6) is 0.542. The molecule has 2 aromatic heterocycles. The predicted molar refractivity (Wildman–Crippen MR) is 83.1 cm³/mol. The van der Waals surface area contributed by atoms with Gasteiger partial charge in [0.1, 0.15) is 11.5 Å². The van der Waals surface area contributed by atoms with E-state index in [-0.39, 0.29) is 11.9 Å². The van der Waals surface area contributed by atoms with Crippen molar-refractivity contribution in [2.75, 3.05) is 11.9 Å². The molecule has 21 heavy (non-hydrogen) atoms. The fourth-order valence-corrected chi connectivity index (χ4v) is 1.92. The van der Waals surface area contributed by atoms with Gasteiger partial charge in [0.15, 0.2) is 0 Å². The van der Waals surface area contributed by atoms with Gasteiger partial charge in [-0.2, -0.15) is 0 Å². The zero-order valence-electron chi connectivity index (χ0n) is 12.3. The number of carbonyl (C=O) groups excluding carboxylic acids is 1. The number of amides is 1. The van der Waals surface area contributed by atoms with Crippen LogP contribution in [0.2, 0.25) is 0 Å². The molecule has 2 heterocycles. The summed E-state index contributed by atoms with van der Waals surface area (Å²) in [6, 6.07) is 9.09. The third-order valence-electron chi connectivity index (χ3n) is 3.09. The molecule has 0 aromatic carbocycles. The maximum Gasteiger partial charge on any atom is 0.270 e. The van der Waals surface area contributed by atoms with Crippen LogP contribution < -0.4 is 10.6 Å². The van der Waals surface area contributed by atoms with Crippen molar-refractivity contribution in [3.8, 4) is 0 Å². The first-order chi connectivity index (χ1) is 10.2. The van der Waals surface area contributed by atoms with Crippen LogP contribution in [0.3, 0.4) is 0 Å². The van der Waals surface area contributed by atoms with E-state index in [0.29, 0.717) is 5.69 Å². The van der Waals surface area contributed by atoms with E-state index < -0.39 is 0 Å². The van der Waals surface area contributed by atoms with Gasteiger partial charge in [-0.15, -0.1) is 0 Å². The third-order valence-corrected chi connectivity index (χ3v) is 3.09. The normalized spacial score (nSPS) is 11.7. The molecule has 0 fully saturated rings. The highest BCUT2D eigenvalue weighted by molar-refractivity contribution is 5.92. The molecule has 5 nitrogen and oxygen atoms in total. The maximum absolute atomic E-state index is 12.2. The smallest absolute Gasteiger partial charge is 0.270 e. The van der Waals surface area contributed by atoms with Gasteiger partial charge in [-0.05, 0) is 43.2 Å². The van der Waals surface area contributed by atoms with E-state index >= 15 is 0 Å². The molecular weight excluding hydrogens is 264 g/mol. The molecule has 1 amide bonds. The molecule has 0 aliphatic carbocycles. The Morgan fingerprint density at radius 3 is 2.71 bits per heavy atom. The van der Waals surface area contributed by atoms with Crippen LogP contribution in [-0.4, -0.2) is 22.4 Å². The van der Waals surface area contributed by atoms with Gasteiger partial charge in [-0.3, -0.25) is 9.78 Å². The summed E-state index contributed by atoms with van der Waals surface area (Å²) in [6.45, 7) is 4.86. The van der Waals surface area contributed by atoms with Gasteiger partial charge >= 0.3 is 0 Å². The van der Waals surface area contributed by atoms with Gasteiger partial charge in [0, 0.05) is 18.9 Å². The van der Waals surface area contributed by atoms with E-state index in [1.54, 1.807) is 18.5 Å². The van der Waals surface area contributed by atoms with Crippen molar-refractivity contribution in [1.29, 1.82) is 0 Å². The minimum Gasteiger partial charge on any atom is -0.370 e. The summed E-state index contributed by atoms with van der Waals surface area (Å²) in [5, 5.41) is 6.11. The standard InChI is InChI=1S/C16H20N4O/c1-3-9-18-15-6-4-5-14(20-15)16(21)19-12(2)13-7-10-17-11-8-13/h4-8,10-12H,3,9H2,1-2H3,(H,18,20)(H,19,21). The first-order valence-corrected chi connectivity index (χ1v) is 7.12. The fraction of sp³-hybridized carbons (Fsp3) is 0.312. The van der Waals surface area contributed by atoms with Crippen LogP contribution in [0.5, 0.6) is 0 Å². The predicted octanol–water partition coefficient (Wildman–Crippen LogP) is 2.79. The van der Waals surface area contributed by atoms with Crippen molar-refractivity contribution in [3.05, 3.63) is 54.0 Å². The molecule has 2 aromatic rings. The summed E-state index contributed by atoms with van der Waals surface area (Å²) in [4.78, 5) is 20.5. The molecule has 0 aliphatic rings. The molecule has 0 saturated heterocycles. The van der Waals surface area contributed by atoms with Crippen LogP contribution in [0.25, 0.3) is 0 Å². The number of hydrogen-bond acceptors (Lipinski definition) is 4. The zero-order valence-corrected chi connectivity index (χ0v) is 12.3. The monoisotopic (exact) mass is 284 g/mol. The van der Waals surface area contributed by atoms with Crippen molar-refractivity contribution in [1.82, 2.24) is 15.3 Å². The Balaban J connectivity index is 2.03. The quantitative estimate of drug-likeness (QED) is 0.856. The lowest BCUT2D eigenvalue weighted by Gasteiger charge is -2.14. The van der Waals surface area contributed by atoms with Crippen molar-refractivity contribution >= 4 is 11.7 Å². The first kappa shape index (κ1) is 15.0. The topological polar surface area (TPSA) is 66.9 Å². The highest BCUT2D eigenvalue weighted by atomic mass is 16.1. The molecule has 0 spiro atoms. The Hall–Kier alpha value is -2.43. The Labute approximate surface area is 124 Å². The minimum atomic E-state index is -0.181. The van der Waals surface area contributed by atoms with E-state index in [1.807, 2.05) is 31.2 Å². The highest BCUT2D eigenvalue weighted by Gasteiger charge is 2.12. The highest BCUT2D eigenvalue weighted by Crippen LogP contribution is 2.12. The van der Waals surface area contributed by atoms with Crippen LogP contribution >= 0.6 is 0 Å². The molecule has 2 rings (SSSR count). The second-order valence-electron chi connectivity index (χ2n) is 4.81. The molecule has 0 saturated carbocycles. The van der Waals surface area contributed by atoms with E-state index in [4.69, 9.17) is 0 Å². The molecule has 1 unspecified atom stereocenters. The summed E-state index contributed by atoms with van der Waals surface area (Å²) in [5.41, 5.74) is 1.43. The Morgan fingerprint density at radius 2 is 2.00 bits per heavy atom. The Morgan fingerprint density at radius 1 is 1.24 bits per heavy atom. The number of rotatable bonds is 6. The summed E-state index contributed by atoms with van der Waals surface area (Å²) >= 11 is 0. The molecular formula is C16H20N4O. The Bertz CT molecular complexity index is 586. The number of nitrogens with zero attached hydrogens (tertiary/aromatic N) is 2. The van der Waals surface area contributed by atoms with Crippen LogP contribution in [0, 0.1) is 0 Å². The van der Waals surface area contributed by atoms with Gasteiger partial charge < -0.3 is 10.6 Å². The van der Waals surface area contributed by atoms with Gasteiger partial charge in [0.05, 0.1) is 6.04 Å². The molecule has 1 atom stereocenters. The van der Waals surface area contributed by atoms with Crippen molar-refractivity contribution < 1.29 is 4.79 Å². The molecule has 0 bridgehead atoms. The lowest BCUT2D eigenvalue weighted by molar-refractivity contribution is 0.0935. The van der Waals surface area contributed by atoms with Gasteiger partial charge in [0.2, 0.25) is 0 Å². The molecule has 0 aliphatic heterocycles. The van der Waals surface area contributed by atoms with Gasteiger partial charge in [-0.1, -0.05) is 13.0 Å². The van der Waals surface area contributed by atoms with Gasteiger partial charge in [-0.25, -0.2) is 4.98 Å². The number of aromatic nitrogens is 2. The molecule has 5 heteroatoms. The van der Waals surface area contributed by atoms with Crippen molar-refractivity contribution in [2.24, 2.45) is 0 Å². The minimum absolute atomic E-state index is 0.0884. The zero-order chi connectivity index (χ0) is 15.1. The molecule has 110 valence electrons. The molecule has 0 radical (unpaired) electrons. The number of anilines is 1. The van der Waals surface area contributed by atoms with Crippen molar-refractivity contribution in [3.63, 3.8) is 0 Å². The van der Waals surface area contributed by atoms with E-state index in [1.165, 1.54) is 0 Å². The second kappa shape index (κ2) is 7.38. The summed E-state index contributed by atoms with van der Waals surface area (Å²) < 4.78 is 0. The van der Waals surface area contributed by atoms with Crippen LogP contribution in [0.4, 0.5) is 5.82 Å². The van der Waals surface area contributed by atoms with Crippen molar-refractivity contribution in [2.45, 2.75) is 26.3 Å². The van der Waals surface area contributed by atoms with E-state index in [0.717, 1.165) is 24.3 Å². The number of pyridine rings is 2. The maximum atomic E-state index is 12.2. The number of carbonyl (C=O) groups is 1. The summed E-state index contributed by atoms with van der Waals surface area (Å²) in [7, 11) is 0. The third kappa shape index (κ3) is 4.27. The van der Waals surface area contributed by atoms with Crippen LogP contribution in [0.15, 0.2) is 42.7 Å². The fourth-order valence-electron chi connectivity index (χ4n) is 1.92. The first-order valence-electron chi connectivity index (χ1n) is 7.12. The van der Waals surface area contributed by atoms with Crippen LogP contribution in [0.1, 0.15) is 42.4 Å². The lowest BCUT2D eigenvalue weighted by atomic mass is 10.1. The second-order valence-corrected chi connectivity index (χ2v) is 4.81. The van der Waals surface area contributed by atoms with E-state index in [9.17, 15) is 4.79 Å². The van der Waals surface area contributed by atoms with E-state index in [2.05, 4.69) is 27.5 Å². The average Bonchev–Trinajstić information content (AvgIpc) is 2.54. The average molecular weight is 284 g/mol. The number of nitrogens with one attached hydrogen (secondary N) is 2. The lowest BCUT2D eigenvalue weighted by Crippen LogP contribution is -2.27. The summed E-state index contributed by atoms with van der Waals surface area (Å²) in [6.07, 6.45) is 4.44.